The molecule has 0 atom stereocenters. The standard InChI is InChI=1S/C20H24N4O4/c1-3-27-20(26)15-4-6-16(7-5-15)21-17(25)8-9-18-22-19(23-28-18)14-10-12-24(2)13-11-14/h4-7,10H,3,8-9,11-13H2,1-2H3,(H,21,25). The molecule has 148 valence electrons. The van der Waals surface area contributed by atoms with Gasteiger partial charge in [-0.05, 0) is 50.2 Å². The van der Waals surface area contributed by atoms with E-state index in [2.05, 4.69) is 33.5 Å². The molecule has 0 aliphatic carbocycles. The van der Waals surface area contributed by atoms with Crippen LogP contribution in [-0.4, -0.2) is 53.7 Å². The van der Waals surface area contributed by atoms with Crippen molar-refractivity contribution in [3.63, 3.8) is 0 Å². The van der Waals surface area contributed by atoms with Gasteiger partial charge in [0.1, 0.15) is 0 Å². The molecule has 8 nitrogen and oxygen atoms in total. The molecule has 0 spiro atoms. The molecule has 1 aromatic heterocycles. The number of benzene rings is 1. The van der Waals surface area contributed by atoms with Gasteiger partial charge in [0.2, 0.25) is 11.8 Å². The van der Waals surface area contributed by atoms with Crippen molar-refractivity contribution in [3.8, 4) is 0 Å². The molecule has 0 saturated carbocycles. The number of carbonyl (C=O) groups excluding carboxylic acids is 2. The van der Waals surface area contributed by atoms with E-state index in [0.717, 1.165) is 25.1 Å². The first-order valence-corrected chi connectivity index (χ1v) is 9.32. The molecule has 0 bridgehead atoms. The summed E-state index contributed by atoms with van der Waals surface area (Å²) in [6.45, 7) is 3.91. The van der Waals surface area contributed by atoms with E-state index < -0.39 is 0 Å². The van der Waals surface area contributed by atoms with Gasteiger partial charge < -0.3 is 19.5 Å². The van der Waals surface area contributed by atoms with Crippen LogP contribution in [0.5, 0.6) is 0 Å². The number of rotatable bonds is 7. The fourth-order valence-corrected chi connectivity index (χ4v) is 2.81. The van der Waals surface area contributed by atoms with Crippen LogP contribution in [0.2, 0.25) is 0 Å². The topological polar surface area (TPSA) is 97.6 Å². The average Bonchev–Trinajstić information content (AvgIpc) is 3.17. The molecule has 1 N–H and O–H groups in total. The SMILES string of the molecule is CCOC(=O)c1ccc(NC(=O)CCc2nc(C3=CCN(C)CC3)no2)cc1. The van der Waals surface area contributed by atoms with E-state index in [0.29, 0.717) is 36.0 Å². The first-order valence-electron chi connectivity index (χ1n) is 9.32. The van der Waals surface area contributed by atoms with E-state index in [4.69, 9.17) is 9.26 Å². The minimum absolute atomic E-state index is 0.165. The Hall–Kier alpha value is -3.00. The molecule has 1 aliphatic rings. The van der Waals surface area contributed by atoms with Gasteiger partial charge in [-0.1, -0.05) is 11.2 Å². The summed E-state index contributed by atoms with van der Waals surface area (Å²) in [4.78, 5) is 30.4. The van der Waals surface area contributed by atoms with E-state index >= 15 is 0 Å². The quantitative estimate of drug-likeness (QED) is 0.733. The predicted octanol–water partition coefficient (Wildman–Crippen LogP) is 2.54. The Balaban J connectivity index is 1.49. The Bertz CT molecular complexity index is 857. The van der Waals surface area contributed by atoms with E-state index in [9.17, 15) is 9.59 Å². The van der Waals surface area contributed by atoms with Crippen molar-refractivity contribution in [1.82, 2.24) is 15.0 Å². The number of hydrogen-bond donors (Lipinski definition) is 1. The molecule has 0 saturated heterocycles. The molecule has 0 radical (unpaired) electrons. The molecule has 0 fully saturated rings. The van der Waals surface area contributed by atoms with Crippen molar-refractivity contribution >= 4 is 23.1 Å². The van der Waals surface area contributed by atoms with Gasteiger partial charge in [-0.2, -0.15) is 4.98 Å². The lowest BCUT2D eigenvalue weighted by Crippen LogP contribution is -2.23. The zero-order valence-electron chi connectivity index (χ0n) is 16.1. The Kier molecular flexibility index (Phi) is 6.54. The van der Waals surface area contributed by atoms with E-state index in [-0.39, 0.29) is 18.3 Å². The van der Waals surface area contributed by atoms with Crippen LogP contribution in [0, 0.1) is 0 Å². The number of nitrogens with zero attached hydrogens (tertiary/aromatic N) is 3. The highest BCUT2D eigenvalue weighted by Crippen LogP contribution is 2.19. The van der Waals surface area contributed by atoms with Crippen LogP contribution >= 0.6 is 0 Å². The monoisotopic (exact) mass is 384 g/mol. The highest BCUT2D eigenvalue weighted by Gasteiger charge is 2.16. The third-order valence-electron chi connectivity index (χ3n) is 4.41. The number of ether oxygens (including phenoxy) is 1. The maximum atomic E-state index is 12.1. The van der Waals surface area contributed by atoms with E-state index in [1.807, 2.05) is 0 Å². The molecule has 2 aromatic rings. The molecular formula is C20H24N4O4. The molecule has 1 aliphatic heterocycles. The average molecular weight is 384 g/mol. The van der Waals surface area contributed by atoms with Gasteiger partial charge in [0.25, 0.3) is 0 Å². The van der Waals surface area contributed by atoms with Gasteiger partial charge in [0.05, 0.1) is 12.2 Å². The highest BCUT2D eigenvalue weighted by molar-refractivity contribution is 5.93. The number of amides is 1. The lowest BCUT2D eigenvalue weighted by atomic mass is 10.1. The maximum absolute atomic E-state index is 12.1. The molecule has 3 rings (SSSR count). The van der Waals surface area contributed by atoms with Gasteiger partial charge in [0, 0.05) is 31.6 Å². The van der Waals surface area contributed by atoms with Crippen LogP contribution < -0.4 is 5.32 Å². The highest BCUT2D eigenvalue weighted by atomic mass is 16.5. The summed E-state index contributed by atoms with van der Waals surface area (Å²) >= 11 is 0. The number of hydrogen-bond acceptors (Lipinski definition) is 7. The molecule has 1 aromatic carbocycles. The van der Waals surface area contributed by atoms with Gasteiger partial charge >= 0.3 is 5.97 Å². The number of aryl methyl sites for hydroxylation is 1. The van der Waals surface area contributed by atoms with Crippen molar-refractivity contribution in [2.75, 3.05) is 32.1 Å². The summed E-state index contributed by atoms with van der Waals surface area (Å²) in [6, 6.07) is 6.57. The molecule has 2 heterocycles. The summed E-state index contributed by atoms with van der Waals surface area (Å²) in [6.07, 6.45) is 3.58. The van der Waals surface area contributed by atoms with Crippen LogP contribution in [0.3, 0.4) is 0 Å². The first-order chi connectivity index (χ1) is 13.5. The second kappa shape index (κ2) is 9.27. The zero-order valence-corrected chi connectivity index (χ0v) is 16.1. The van der Waals surface area contributed by atoms with Gasteiger partial charge in [-0.25, -0.2) is 4.79 Å². The molecule has 8 heteroatoms. The summed E-state index contributed by atoms with van der Waals surface area (Å²) in [5.41, 5.74) is 2.14. The van der Waals surface area contributed by atoms with Crippen molar-refractivity contribution in [2.45, 2.75) is 26.2 Å². The van der Waals surface area contributed by atoms with Crippen LogP contribution in [-0.2, 0) is 16.0 Å². The normalized spacial score (nSPS) is 14.4. The second-order valence-corrected chi connectivity index (χ2v) is 6.60. The van der Waals surface area contributed by atoms with Gasteiger partial charge in [-0.15, -0.1) is 0 Å². The summed E-state index contributed by atoms with van der Waals surface area (Å²) < 4.78 is 10.2. The van der Waals surface area contributed by atoms with Gasteiger partial charge in [0.15, 0.2) is 5.82 Å². The van der Waals surface area contributed by atoms with Crippen LogP contribution in [0.1, 0.15) is 41.8 Å². The Morgan fingerprint density at radius 2 is 2.07 bits per heavy atom. The Labute approximate surface area is 163 Å². The largest absolute Gasteiger partial charge is 0.462 e. The lowest BCUT2D eigenvalue weighted by molar-refractivity contribution is -0.116. The minimum Gasteiger partial charge on any atom is -0.462 e. The molecule has 28 heavy (non-hydrogen) atoms. The van der Waals surface area contributed by atoms with Crippen molar-refractivity contribution < 1.29 is 18.8 Å². The lowest BCUT2D eigenvalue weighted by Gasteiger charge is -2.19. The van der Waals surface area contributed by atoms with Crippen molar-refractivity contribution in [2.24, 2.45) is 0 Å². The zero-order chi connectivity index (χ0) is 19.9. The fraction of sp³-hybridized carbons (Fsp3) is 0.400. The van der Waals surface area contributed by atoms with E-state index in [1.54, 1.807) is 31.2 Å². The minimum atomic E-state index is -0.382. The number of nitrogens with one attached hydrogen (secondary N) is 1. The summed E-state index contributed by atoms with van der Waals surface area (Å²) in [7, 11) is 2.07. The predicted molar refractivity (Wildman–Crippen MR) is 104 cm³/mol. The van der Waals surface area contributed by atoms with Crippen LogP contribution in [0.15, 0.2) is 34.9 Å². The number of likely N-dealkylation sites (N-methyl/N-ethyl adjacent to an activating group) is 1. The Morgan fingerprint density at radius 3 is 2.75 bits per heavy atom. The summed E-state index contributed by atoms with van der Waals surface area (Å²) in [5.74, 6) is 0.509. The maximum Gasteiger partial charge on any atom is 0.338 e. The second-order valence-electron chi connectivity index (χ2n) is 6.60. The molecular weight excluding hydrogens is 360 g/mol. The summed E-state index contributed by atoms with van der Waals surface area (Å²) in [5, 5.41) is 6.81. The smallest absolute Gasteiger partial charge is 0.338 e. The molecule has 1 amide bonds. The number of carbonyl (C=O) groups is 2. The fourth-order valence-electron chi connectivity index (χ4n) is 2.81. The number of aromatic nitrogens is 2. The van der Waals surface area contributed by atoms with Crippen molar-refractivity contribution in [3.05, 3.63) is 47.6 Å². The number of anilines is 1. The third kappa shape index (κ3) is 5.26. The van der Waals surface area contributed by atoms with Crippen LogP contribution in [0.25, 0.3) is 5.57 Å². The Morgan fingerprint density at radius 1 is 1.29 bits per heavy atom. The van der Waals surface area contributed by atoms with E-state index in [1.165, 1.54) is 0 Å². The molecule has 0 unspecified atom stereocenters. The third-order valence-corrected chi connectivity index (χ3v) is 4.41. The number of esters is 1. The van der Waals surface area contributed by atoms with Crippen molar-refractivity contribution in [1.29, 1.82) is 0 Å². The van der Waals surface area contributed by atoms with Gasteiger partial charge in [-0.3, -0.25) is 4.79 Å². The van der Waals surface area contributed by atoms with Crippen LogP contribution in [0.4, 0.5) is 5.69 Å². The first kappa shape index (κ1) is 19.8.